The van der Waals surface area contributed by atoms with Gasteiger partial charge in [-0.3, -0.25) is 10.2 Å². The summed E-state index contributed by atoms with van der Waals surface area (Å²) < 4.78 is 30.4. The molecule has 0 spiro atoms. The Morgan fingerprint density at radius 1 is 1.30 bits per heavy atom. The van der Waals surface area contributed by atoms with Crippen LogP contribution in [0.4, 0.5) is 4.39 Å². The van der Waals surface area contributed by atoms with Crippen molar-refractivity contribution in [3.63, 3.8) is 0 Å². The molecule has 2 aromatic carbocycles. The van der Waals surface area contributed by atoms with E-state index in [-0.39, 0.29) is 37.8 Å². The summed E-state index contributed by atoms with van der Waals surface area (Å²) in [5.74, 6) is -0.556. The Labute approximate surface area is 174 Å². The second-order valence-corrected chi connectivity index (χ2v) is 6.25. The zero-order valence-electron chi connectivity index (χ0n) is 16.9. The van der Waals surface area contributed by atoms with Crippen molar-refractivity contribution in [2.24, 2.45) is 5.73 Å². The number of rotatable bonds is 11. The van der Waals surface area contributed by atoms with E-state index in [1.165, 1.54) is 19.2 Å². The number of aliphatic hydroxyl groups is 1. The van der Waals surface area contributed by atoms with Crippen LogP contribution in [-0.2, 0) is 16.1 Å². The Morgan fingerprint density at radius 2 is 2.07 bits per heavy atom. The van der Waals surface area contributed by atoms with Gasteiger partial charge in [0.25, 0.3) is 5.91 Å². The van der Waals surface area contributed by atoms with E-state index in [0.717, 1.165) is 0 Å². The topological polar surface area (TPSA) is 127 Å². The fraction of sp³-hybridized carbons (Fsp3) is 0.333. The van der Waals surface area contributed by atoms with Gasteiger partial charge in [-0.15, -0.1) is 0 Å². The van der Waals surface area contributed by atoms with E-state index in [4.69, 9.17) is 30.5 Å². The van der Waals surface area contributed by atoms with E-state index in [1.54, 1.807) is 31.2 Å². The van der Waals surface area contributed by atoms with Crippen molar-refractivity contribution < 1.29 is 28.5 Å². The summed E-state index contributed by atoms with van der Waals surface area (Å²) in [6.45, 7) is 1.84. The lowest BCUT2D eigenvalue weighted by molar-refractivity contribution is -0.133. The van der Waals surface area contributed by atoms with Gasteiger partial charge >= 0.3 is 0 Å². The smallest absolute Gasteiger partial charge is 0.254 e. The highest BCUT2D eigenvalue weighted by Gasteiger charge is 2.24. The van der Waals surface area contributed by atoms with Gasteiger partial charge in [0.1, 0.15) is 29.8 Å². The highest BCUT2D eigenvalue weighted by molar-refractivity contribution is 5.95. The molecule has 0 aliphatic heterocycles. The number of amidine groups is 1. The Balaban J connectivity index is 2.20. The van der Waals surface area contributed by atoms with E-state index >= 15 is 0 Å². The van der Waals surface area contributed by atoms with E-state index in [2.05, 4.69) is 5.32 Å². The molecule has 2 rings (SSSR count). The SMILES string of the molecule is CCOC(C(=O)NCc1ccc(C(=N)N)cc1OCCO)c1ccc(OC)cc1F. The lowest BCUT2D eigenvalue weighted by atomic mass is 10.1. The third kappa shape index (κ3) is 5.91. The molecule has 30 heavy (non-hydrogen) atoms. The lowest BCUT2D eigenvalue weighted by Crippen LogP contribution is -2.31. The molecule has 1 unspecified atom stereocenters. The van der Waals surface area contributed by atoms with Crippen LogP contribution >= 0.6 is 0 Å². The second-order valence-electron chi connectivity index (χ2n) is 6.25. The number of nitrogens with two attached hydrogens (primary N) is 1. The fourth-order valence-electron chi connectivity index (χ4n) is 2.75. The molecule has 5 N–H and O–H groups in total. The average Bonchev–Trinajstić information content (AvgIpc) is 2.74. The van der Waals surface area contributed by atoms with Crippen LogP contribution in [0.3, 0.4) is 0 Å². The largest absolute Gasteiger partial charge is 0.497 e. The minimum atomic E-state index is -1.14. The van der Waals surface area contributed by atoms with Crippen LogP contribution < -0.4 is 20.5 Å². The molecule has 0 bridgehead atoms. The van der Waals surface area contributed by atoms with Gasteiger partial charge in [-0.2, -0.15) is 0 Å². The van der Waals surface area contributed by atoms with Crippen LogP contribution in [0.25, 0.3) is 0 Å². The zero-order valence-corrected chi connectivity index (χ0v) is 16.9. The van der Waals surface area contributed by atoms with E-state index in [9.17, 15) is 9.18 Å². The number of aliphatic hydroxyl groups excluding tert-OH is 1. The Morgan fingerprint density at radius 3 is 2.67 bits per heavy atom. The normalized spacial score (nSPS) is 11.6. The first-order valence-electron chi connectivity index (χ1n) is 9.35. The molecule has 0 saturated carbocycles. The standard InChI is InChI=1S/C21H26FN3O5/c1-3-29-19(16-7-6-15(28-2)11-17(16)22)21(27)25-12-14-5-4-13(20(23)24)10-18(14)30-9-8-26/h4-7,10-11,19,26H,3,8-9,12H2,1-2H3,(H3,23,24)(H,25,27). The van der Waals surface area contributed by atoms with Crippen LogP contribution in [0, 0.1) is 11.2 Å². The highest BCUT2D eigenvalue weighted by atomic mass is 19.1. The molecule has 162 valence electrons. The number of carbonyl (C=O) groups excluding carboxylic acids is 1. The number of hydrogen-bond acceptors (Lipinski definition) is 6. The van der Waals surface area contributed by atoms with Gasteiger partial charge in [-0.1, -0.05) is 12.1 Å². The third-order valence-electron chi connectivity index (χ3n) is 4.24. The van der Waals surface area contributed by atoms with Crippen molar-refractivity contribution >= 4 is 11.7 Å². The molecule has 0 aliphatic carbocycles. The summed E-state index contributed by atoms with van der Waals surface area (Å²) in [4.78, 5) is 12.7. The number of carbonyl (C=O) groups is 1. The quantitative estimate of drug-likeness (QED) is 0.325. The van der Waals surface area contributed by atoms with Gasteiger partial charge in [0.15, 0.2) is 6.10 Å². The Hall–Kier alpha value is -3.17. The minimum Gasteiger partial charge on any atom is -0.497 e. The number of halogens is 1. The Kier molecular flexibility index (Phi) is 8.57. The van der Waals surface area contributed by atoms with Gasteiger partial charge in [0.05, 0.1) is 13.7 Å². The van der Waals surface area contributed by atoms with E-state index in [1.807, 2.05) is 0 Å². The summed E-state index contributed by atoms with van der Waals surface area (Å²) in [6.07, 6.45) is -1.14. The van der Waals surface area contributed by atoms with Gasteiger partial charge in [0, 0.05) is 35.9 Å². The molecule has 0 fully saturated rings. The molecule has 2 aromatic rings. The number of nitrogens with one attached hydrogen (secondary N) is 2. The van der Waals surface area contributed by atoms with Gasteiger partial charge in [-0.25, -0.2) is 4.39 Å². The van der Waals surface area contributed by atoms with Crippen molar-refractivity contribution in [2.75, 3.05) is 26.9 Å². The monoisotopic (exact) mass is 419 g/mol. The molecule has 8 nitrogen and oxygen atoms in total. The number of methoxy groups -OCH3 is 1. The second kappa shape index (κ2) is 11.1. The van der Waals surface area contributed by atoms with Crippen molar-refractivity contribution in [3.8, 4) is 11.5 Å². The van der Waals surface area contributed by atoms with Crippen LogP contribution in [0.1, 0.15) is 29.7 Å². The molecule has 0 saturated heterocycles. The summed E-state index contributed by atoms with van der Waals surface area (Å²) in [5, 5.41) is 19.3. The molecule has 0 aromatic heterocycles. The molecular weight excluding hydrogens is 393 g/mol. The van der Waals surface area contributed by atoms with Crippen LogP contribution in [0.2, 0.25) is 0 Å². The highest BCUT2D eigenvalue weighted by Crippen LogP contribution is 2.26. The van der Waals surface area contributed by atoms with Crippen LogP contribution in [0.5, 0.6) is 11.5 Å². The van der Waals surface area contributed by atoms with Crippen LogP contribution in [0.15, 0.2) is 36.4 Å². The van der Waals surface area contributed by atoms with Gasteiger partial charge < -0.3 is 30.4 Å². The maximum absolute atomic E-state index is 14.4. The number of amides is 1. The molecule has 1 atom stereocenters. The number of ether oxygens (including phenoxy) is 3. The Bertz CT molecular complexity index is 891. The summed E-state index contributed by atoms with van der Waals surface area (Å²) >= 11 is 0. The number of nitrogen functional groups attached to an aromatic ring is 1. The number of hydrogen-bond donors (Lipinski definition) is 4. The van der Waals surface area contributed by atoms with Crippen molar-refractivity contribution in [1.29, 1.82) is 5.41 Å². The van der Waals surface area contributed by atoms with Crippen molar-refractivity contribution in [1.82, 2.24) is 5.32 Å². The summed E-state index contributed by atoms with van der Waals surface area (Å²) in [6, 6.07) is 9.04. The molecule has 9 heteroatoms. The lowest BCUT2D eigenvalue weighted by Gasteiger charge is -2.19. The zero-order chi connectivity index (χ0) is 22.1. The maximum atomic E-state index is 14.4. The maximum Gasteiger partial charge on any atom is 0.254 e. The molecule has 0 radical (unpaired) electrons. The summed E-state index contributed by atoms with van der Waals surface area (Å²) in [5.41, 5.74) is 6.65. The van der Waals surface area contributed by atoms with Crippen LogP contribution in [-0.4, -0.2) is 43.8 Å². The first kappa shape index (κ1) is 23.1. The van der Waals surface area contributed by atoms with Gasteiger partial charge in [0.2, 0.25) is 0 Å². The predicted molar refractivity (Wildman–Crippen MR) is 109 cm³/mol. The van der Waals surface area contributed by atoms with Gasteiger partial charge in [-0.05, 0) is 25.1 Å². The first-order chi connectivity index (χ1) is 14.4. The minimum absolute atomic E-state index is 0.0426. The molecule has 0 heterocycles. The first-order valence-corrected chi connectivity index (χ1v) is 9.35. The van der Waals surface area contributed by atoms with Crippen molar-refractivity contribution in [2.45, 2.75) is 19.6 Å². The number of benzene rings is 2. The molecule has 0 aliphatic rings. The average molecular weight is 419 g/mol. The van der Waals surface area contributed by atoms with Crippen molar-refractivity contribution in [3.05, 3.63) is 58.9 Å². The van der Waals surface area contributed by atoms with E-state index < -0.39 is 17.8 Å². The molecular formula is C21H26FN3O5. The molecule has 1 amide bonds. The van der Waals surface area contributed by atoms with E-state index in [0.29, 0.717) is 22.6 Å². The predicted octanol–water partition coefficient (Wildman–Crippen LogP) is 1.88. The third-order valence-corrected chi connectivity index (χ3v) is 4.24. The summed E-state index contributed by atoms with van der Waals surface area (Å²) in [7, 11) is 1.43. The fourth-order valence-corrected chi connectivity index (χ4v) is 2.75.